The predicted octanol–water partition coefficient (Wildman–Crippen LogP) is 2.79. The summed E-state index contributed by atoms with van der Waals surface area (Å²) in [5.74, 6) is -0.181. The SMILES string of the molecule is O=C(O)C1CCC(Nc2ncccc2Cl)CC1. The van der Waals surface area contributed by atoms with Gasteiger partial charge in [-0.15, -0.1) is 0 Å². The summed E-state index contributed by atoms with van der Waals surface area (Å²) in [5.41, 5.74) is 0. The summed E-state index contributed by atoms with van der Waals surface area (Å²) in [5, 5.41) is 12.8. The Labute approximate surface area is 105 Å². The van der Waals surface area contributed by atoms with Gasteiger partial charge >= 0.3 is 5.97 Å². The molecule has 1 heterocycles. The molecule has 0 atom stereocenters. The van der Waals surface area contributed by atoms with E-state index in [4.69, 9.17) is 16.7 Å². The van der Waals surface area contributed by atoms with Crippen LogP contribution in [-0.4, -0.2) is 22.1 Å². The molecule has 1 aromatic heterocycles. The summed E-state index contributed by atoms with van der Waals surface area (Å²) in [6.45, 7) is 0. The number of anilines is 1. The number of carboxylic acid groups (broad SMARTS) is 1. The Bertz CT molecular complexity index is 403. The summed E-state index contributed by atoms with van der Waals surface area (Å²) in [7, 11) is 0. The highest BCUT2D eigenvalue weighted by atomic mass is 35.5. The largest absolute Gasteiger partial charge is 0.481 e. The minimum atomic E-state index is -0.681. The van der Waals surface area contributed by atoms with Gasteiger partial charge in [-0.25, -0.2) is 4.98 Å². The number of aliphatic carboxylic acids is 1. The molecule has 1 fully saturated rings. The second kappa shape index (κ2) is 5.36. The zero-order valence-electron chi connectivity index (χ0n) is 9.40. The van der Waals surface area contributed by atoms with Crippen molar-refractivity contribution in [3.63, 3.8) is 0 Å². The smallest absolute Gasteiger partial charge is 0.306 e. The third kappa shape index (κ3) is 3.09. The number of pyridine rings is 1. The van der Waals surface area contributed by atoms with Gasteiger partial charge < -0.3 is 10.4 Å². The normalized spacial score (nSPS) is 24.3. The molecule has 0 radical (unpaired) electrons. The van der Waals surface area contributed by atoms with Crippen molar-refractivity contribution >= 4 is 23.4 Å². The molecular formula is C12H15ClN2O2. The van der Waals surface area contributed by atoms with Crippen LogP contribution < -0.4 is 5.32 Å². The number of nitrogens with one attached hydrogen (secondary N) is 1. The molecule has 0 unspecified atom stereocenters. The lowest BCUT2D eigenvalue weighted by Gasteiger charge is -2.27. The highest BCUT2D eigenvalue weighted by Crippen LogP contribution is 2.28. The topological polar surface area (TPSA) is 62.2 Å². The van der Waals surface area contributed by atoms with Gasteiger partial charge in [0.25, 0.3) is 0 Å². The van der Waals surface area contributed by atoms with Crippen molar-refractivity contribution in [3.05, 3.63) is 23.4 Å². The van der Waals surface area contributed by atoms with E-state index in [9.17, 15) is 4.79 Å². The molecular weight excluding hydrogens is 240 g/mol. The molecule has 92 valence electrons. The minimum Gasteiger partial charge on any atom is -0.481 e. The predicted molar refractivity (Wildman–Crippen MR) is 66.3 cm³/mol. The number of nitrogens with zero attached hydrogens (tertiary/aromatic N) is 1. The second-order valence-electron chi connectivity index (χ2n) is 4.36. The summed E-state index contributed by atoms with van der Waals surface area (Å²) >= 11 is 6.00. The van der Waals surface area contributed by atoms with E-state index < -0.39 is 5.97 Å². The number of hydrogen-bond acceptors (Lipinski definition) is 3. The van der Waals surface area contributed by atoms with Crippen LogP contribution in [0.4, 0.5) is 5.82 Å². The van der Waals surface area contributed by atoms with Gasteiger partial charge in [-0.2, -0.15) is 0 Å². The van der Waals surface area contributed by atoms with Gasteiger partial charge in [0.05, 0.1) is 10.9 Å². The van der Waals surface area contributed by atoms with Crippen LogP contribution in [0.2, 0.25) is 5.02 Å². The minimum absolute atomic E-state index is 0.188. The van der Waals surface area contributed by atoms with Crippen LogP contribution in [-0.2, 0) is 4.79 Å². The van der Waals surface area contributed by atoms with Crippen molar-refractivity contribution in [1.82, 2.24) is 4.98 Å². The van der Waals surface area contributed by atoms with Crippen molar-refractivity contribution in [3.8, 4) is 0 Å². The number of carbonyl (C=O) groups is 1. The van der Waals surface area contributed by atoms with E-state index >= 15 is 0 Å². The van der Waals surface area contributed by atoms with E-state index in [2.05, 4.69) is 10.3 Å². The van der Waals surface area contributed by atoms with Gasteiger partial charge in [0.1, 0.15) is 5.82 Å². The number of halogens is 1. The molecule has 1 saturated carbocycles. The van der Waals surface area contributed by atoms with Crippen molar-refractivity contribution in [2.75, 3.05) is 5.32 Å². The first kappa shape index (κ1) is 12.2. The lowest BCUT2D eigenvalue weighted by Crippen LogP contribution is -2.29. The van der Waals surface area contributed by atoms with Crippen LogP contribution in [0.1, 0.15) is 25.7 Å². The van der Waals surface area contributed by atoms with Gasteiger partial charge in [0.2, 0.25) is 0 Å². The molecule has 2 N–H and O–H groups in total. The molecule has 0 aliphatic heterocycles. The molecule has 0 amide bonds. The molecule has 1 aliphatic carbocycles. The Kier molecular flexibility index (Phi) is 3.84. The Morgan fingerprint density at radius 1 is 1.41 bits per heavy atom. The van der Waals surface area contributed by atoms with Crippen LogP contribution in [0.15, 0.2) is 18.3 Å². The fourth-order valence-electron chi connectivity index (χ4n) is 2.17. The zero-order chi connectivity index (χ0) is 12.3. The van der Waals surface area contributed by atoms with Gasteiger partial charge in [-0.1, -0.05) is 11.6 Å². The average molecular weight is 255 g/mol. The Morgan fingerprint density at radius 3 is 2.71 bits per heavy atom. The van der Waals surface area contributed by atoms with Crippen LogP contribution >= 0.6 is 11.6 Å². The van der Waals surface area contributed by atoms with Gasteiger partial charge in [0.15, 0.2) is 0 Å². The van der Waals surface area contributed by atoms with Crippen molar-refractivity contribution in [2.24, 2.45) is 5.92 Å². The quantitative estimate of drug-likeness (QED) is 0.871. The Hall–Kier alpha value is -1.29. The Morgan fingerprint density at radius 2 is 2.12 bits per heavy atom. The first-order valence-corrected chi connectivity index (χ1v) is 6.14. The molecule has 0 spiro atoms. The van der Waals surface area contributed by atoms with Crippen molar-refractivity contribution < 1.29 is 9.90 Å². The van der Waals surface area contributed by atoms with Gasteiger partial charge in [-0.05, 0) is 37.8 Å². The van der Waals surface area contributed by atoms with E-state index in [1.54, 1.807) is 18.3 Å². The van der Waals surface area contributed by atoms with E-state index in [0.717, 1.165) is 25.7 Å². The molecule has 17 heavy (non-hydrogen) atoms. The monoisotopic (exact) mass is 254 g/mol. The molecule has 1 aliphatic rings. The van der Waals surface area contributed by atoms with E-state index in [0.29, 0.717) is 10.8 Å². The maximum Gasteiger partial charge on any atom is 0.306 e. The van der Waals surface area contributed by atoms with Crippen LogP contribution in [0.3, 0.4) is 0 Å². The third-order valence-corrected chi connectivity index (χ3v) is 3.48. The van der Waals surface area contributed by atoms with E-state index in [-0.39, 0.29) is 12.0 Å². The highest BCUT2D eigenvalue weighted by Gasteiger charge is 2.26. The molecule has 0 aromatic carbocycles. The van der Waals surface area contributed by atoms with Crippen LogP contribution in [0, 0.1) is 5.92 Å². The highest BCUT2D eigenvalue weighted by molar-refractivity contribution is 6.32. The standard InChI is InChI=1S/C12H15ClN2O2/c13-10-2-1-7-14-11(10)15-9-5-3-8(4-6-9)12(16)17/h1-2,7-9H,3-6H2,(H,14,15)(H,16,17). The van der Waals surface area contributed by atoms with E-state index in [1.165, 1.54) is 0 Å². The summed E-state index contributed by atoms with van der Waals surface area (Å²) < 4.78 is 0. The maximum atomic E-state index is 10.8. The summed E-state index contributed by atoms with van der Waals surface area (Å²) in [6.07, 6.45) is 4.83. The molecule has 0 bridgehead atoms. The van der Waals surface area contributed by atoms with Crippen LogP contribution in [0.25, 0.3) is 0 Å². The van der Waals surface area contributed by atoms with E-state index in [1.807, 2.05) is 0 Å². The third-order valence-electron chi connectivity index (χ3n) is 3.18. The molecule has 0 saturated heterocycles. The van der Waals surface area contributed by atoms with Crippen molar-refractivity contribution in [1.29, 1.82) is 0 Å². The lowest BCUT2D eigenvalue weighted by molar-refractivity contribution is -0.142. The molecule has 2 rings (SSSR count). The Balaban J connectivity index is 1.90. The fourth-order valence-corrected chi connectivity index (χ4v) is 2.35. The number of carboxylic acids is 1. The number of rotatable bonds is 3. The zero-order valence-corrected chi connectivity index (χ0v) is 10.2. The van der Waals surface area contributed by atoms with Gasteiger partial charge in [0, 0.05) is 12.2 Å². The number of aromatic nitrogens is 1. The summed E-state index contributed by atoms with van der Waals surface area (Å²) in [4.78, 5) is 15.0. The van der Waals surface area contributed by atoms with Crippen molar-refractivity contribution in [2.45, 2.75) is 31.7 Å². The van der Waals surface area contributed by atoms with Gasteiger partial charge in [-0.3, -0.25) is 4.79 Å². The average Bonchev–Trinajstić information content (AvgIpc) is 2.33. The second-order valence-corrected chi connectivity index (χ2v) is 4.77. The van der Waals surface area contributed by atoms with Crippen LogP contribution in [0.5, 0.6) is 0 Å². The number of hydrogen-bond donors (Lipinski definition) is 2. The molecule has 4 nitrogen and oxygen atoms in total. The lowest BCUT2D eigenvalue weighted by atomic mass is 9.86. The summed E-state index contributed by atoms with van der Waals surface area (Å²) in [6, 6.07) is 3.85. The first-order valence-electron chi connectivity index (χ1n) is 5.76. The molecule has 5 heteroatoms. The molecule has 1 aromatic rings. The maximum absolute atomic E-state index is 10.8. The fraction of sp³-hybridized carbons (Fsp3) is 0.500. The first-order chi connectivity index (χ1) is 8.16.